The third-order valence-electron chi connectivity index (χ3n) is 3.35. The van der Waals surface area contributed by atoms with Crippen LogP contribution in [0.5, 0.6) is 0 Å². The lowest BCUT2D eigenvalue weighted by molar-refractivity contribution is 0.897. The Kier molecular flexibility index (Phi) is 4.46. The van der Waals surface area contributed by atoms with Crippen LogP contribution in [0.15, 0.2) is 42.5 Å². The van der Waals surface area contributed by atoms with Gasteiger partial charge < -0.3 is 10.6 Å². The summed E-state index contributed by atoms with van der Waals surface area (Å²) in [6.07, 6.45) is 0. The van der Waals surface area contributed by atoms with E-state index < -0.39 is 0 Å². The van der Waals surface area contributed by atoms with E-state index in [9.17, 15) is 0 Å². The highest BCUT2D eigenvalue weighted by molar-refractivity contribution is 6.30. The molecule has 0 amide bonds. The van der Waals surface area contributed by atoms with E-state index in [2.05, 4.69) is 43.1 Å². The van der Waals surface area contributed by atoms with Crippen molar-refractivity contribution in [3.63, 3.8) is 0 Å². The number of halogens is 1. The van der Waals surface area contributed by atoms with Gasteiger partial charge in [-0.15, -0.1) is 0 Å². The molecule has 2 aromatic carbocycles. The molecule has 100 valence electrons. The van der Waals surface area contributed by atoms with Gasteiger partial charge in [0.1, 0.15) is 0 Å². The van der Waals surface area contributed by atoms with Crippen LogP contribution in [0.3, 0.4) is 0 Å². The molecule has 0 saturated carbocycles. The summed E-state index contributed by atoms with van der Waals surface area (Å²) in [4.78, 5) is 2.19. The Morgan fingerprint density at radius 1 is 1.11 bits per heavy atom. The maximum atomic E-state index is 6.08. The number of rotatable bonds is 4. The first-order chi connectivity index (χ1) is 9.11. The molecule has 2 rings (SSSR count). The van der Waals surface area contributed by atoms with Crippen molar-refractivity contribution in [3.05, 3.63) is 64.2 Å². The third kappa shape index (κ3) is 3.28. The van der Waals surface area contributed by atoms with E-state index in [1.165, 1.54) is 11.1 Å². The van der Waals surface area contributed by atoms with E-state index in [-0.39, 0.29) is 0 Å². The molecule has 0 bridgehead atoms. The second-order valence-corrected chi connectivity index (χ2v) is 5.20. The Balaban J connectivity index is 2.27. The molecular formula is C16H19ClN2. The van der Waals surface area contributed by atoms with E-state index in [0.717, 1.165) is 22.8 Å². The van der Waals surface area contributed by atoms with Crippen molar-refractivity contribution in [1.29, 1.82) is 0 Å². The fourth-order valence-corrected chi connectivity index (χ4v) is 2.36. The standard InChI is InChI=1S/C16H19ClN2/c1-12-5-3-4-6-14(12)11-19(2)16-9-15(17)8-7-13(16)10-18/h3-9H,10-11,18H2,1-2H3. The van der Waals surface area contributed by atoms with Crippen LogP contribution < -0.4 is 10.6 Å². The Labute approximate surface area is 119 Å². The summed E-state index contributed by atoms with van der Waals surface area (Å²) in [7, 11) is 2.07. The molecule has 2 nitrogen and oxygen atoms in total. The predicted octanol–water partition coefficient (Wildman–Crippen LogP) is 3.74. The fraction of sp³-hybridized carbons (Fsp3) is 0.250. The number of aryl methyl sites for hydroxylation is 1. The maximum Gasteiger partial charge on any atom is 0.0428 e. The van der Waals surface area contributed by atoms with Crippen molar-refractivity contribution < 1.29 is 0 Å². The summed E-state index contributed by atoms with van der Waals surface area (Å²) in [5, 5.41) is 0.740. The lowest BCUT2D eigenvalue weighted by atomic mass is 10.1. The zero-order valence-corrected chi connectivity index (χ0v) is 12.1. The van der Waals surface area contributed by atoms with Gasteiger partial charge in [0.2, 0.25) is 0 Å². The first kappa shape index (κ1) is 13.9. The second kappa shape index (κ2) is 6.09. The SMILES string of the molecule is Cc1ccccc1CN(C)c1cc(Cl)ccc1CN. The number of hydrogen-bond donors (Lipinski definition) is 1. The van der Waals surface area contributed by atoms with Gasteiger partial charge in [-0.1, -0.05) is 41.9 Å². The number of nitrogens with two attached hydrogens (primary N) is 1. The summed E-state index contributed by atoms with van der Waals surface area (Å²) < 4.78 is 0. The highest BCUT2D eigenvalue weighted by Gasteiger charge is 2.09. The molecule has 3 heteroatoms. The van der Waals surface area contributed by atoms with Crippen LogP contribution in [0.1, 0.15) is 16.7 Å². The van der Waals surface area contributed by atoms with Crippen molar-refractivity contribution in [1.82, 2.24) is 0 Å². The Bertz CT molecular complexity index is 566. The van der Waals surface area contributed by atoms with Crippen molar-refractivity contribution in [3.8, 4) is 0 Å². The van der Waals surface area contributed by atoms with Gasteiger partial charge in [-0.05, 0) is 35.7 Å². The van der Waals surface area contributed by atoms with E-state index in [1.807, 2.05) is 18.2 Å². The van der Waals surface area contributed by atoms with Gasteiger partial charge in [0.05, 0.1) is 0 Å². The van der Waals surface area contributed by atoms with E-state index >= 15 is 0 Å². The molecule has 0 spiro atoms. The highest BCUT2D eigenvalue weighted by Crippen LogP contribution is 2.25. The summed E-state index contributed by atoms with van der Waals surface area (Å²) >= 11 is 6.08. The third-order valence-corrected chi connectivity index (χ3v) is 3.58. The molecule has 0 aromatic heterocycles. The summed E-state index contributed by atoms with van der Waals surface area (Å²) in [6.45, 7) is 3.50. The van der Waals surface area contributed by atoms with Crippen molar-refractivity contribution >= 4 is 17.3 Å². The minimum Gasteiger partial charge on any atom is -0.370 e. The van der Waals surface area contributed by atoms with Gasteiger partial charge >= 0.3 is 0 Å². The van der Waals surface area contributed by atoms with Gasteiger partial charge in [0.25, 0.3) is 0 Å². The molecule has 2 N–H and O–H groups in total. The highest BCUT2D eigenvalue weighted by atomic mass is 35.5. The molecule has 0 aliphatic carbocycles. The largest absolute Gasteiger partial charge is 0.370 e. The van der Waals surface area contributed by atoms with Crippen LogP contribution in [0.4, 0.5) is 5.69 Å². The molecule has 2 aromatic rings. The minimum absolute atomic E-state index is 0.518. The molecule has 0 radical (unpaired) electrons. The number of benzene rings is 2. The van der Waals surface area contributed by atoms with Crippen LogP contribution in [-0.4, -0.2) is 7.05 Å². The minimum atomic E-state index is 0.518. The molecule has 0 heterocycles. The number of hydrogen-bond acceptors (Lipinski definition) is 2. The summed E-state index contributed by atoms with van der Waals surface area (Å²) in [5.41, 5.74) is 10.6. The maximum absolute atomic E-state index is 6.08. The zero-order chi connectivity index (χ0) is 13.8. The van der Waals surface area contributed by atoms with E-state index in [1.54, 1.807) is 0 Å². The Morgan fingerprint density at radius 3 is 2.53 bits per heavy atom. The average Bonchev–Trinajstić information content (AvgIpc) is 2.41. The van der Waals surface area contributed by atoms with E-state index in [0.29, 0.717) is 6.54 Å². The van der Waals surface area contributed by atoms with Crippen molar-refractivity contribution in [2.24, 2.45) is 5.73 Å². The molecule has 0 aliphatic rings. The molecule has 0 fully saturated rings. The van der Waals surface area contributed by atoms with Crippen LogP contribution in [0.25, 0.3) is 0 Å². The lowest BCUT2D eigenvalue weighted by Crippen LogP contribution is -2.19. The zero-order valence-electron chi connectivity index (χ0n) is 11.4. The topological polar surface area (TPSA) is 29.3 Å². The van der Waals surface area contributed by atoms with Crippen LogP contribution in [0.2, 0.25) is 5.02 Å². The van der Waals surface area contributed by atoms with Crippen LogP contribution >= 0.6 is 11.6 Å². The Morgan fingerprint density at radius 2 is 1.84 bits per heavy atom. The smallest absolute Gasteiger partial charge is 0.0428 e. The number of nitrogens with zero attached hydrogens (tertiary/aromatic N) is 1. The van der Waals surface area contributed by atoms with Gasteiger partial charge in [-0.3, -0.25) is 0 Å². The molecule has 0 aliphatic heterocycles. The van der Waals surface area contributed by atoms with Crippen LogP contribution in [-0.2, 0) is 13.1 Å². The fourth-order valence-electron chi connectivity index (χ4n) is 2.19. The van der Waals surface area contributed by atoms with Gasteiger partial charge in [0, 0.05) is 30.8 Å². The molecule has 0 atom stereocenters. The molecular weight excluding hydrogens is 256 g/mol. The normalized spacial score (nSPS) is 10.5. The quantitative estimate of drug-likeness (QED) is 0.920. The molecule has 0 saturated heterocycles. The van der Waals surface area contributed by atoms with Crippen molar-refractivity contribution in [2.45, 2.75) is 20.0 Å². The monoisotopic (exact) mass is 274 g/mol. The predicted molar refractivity (Wildman–Crippen MR) is 82.6 cm³/mol. The number of anilines is 1. The summed E-state index contributed by atoms with van der Waals surface area (Å²) in [5.74, 6) is 0. The second-order valence-electron chi connectivity index (χ2n) is 4.76. The summed E-state index contributed by atoms with van der Waals surface area (Å²) in [6, 6.07) is 14.3. The lowest BCUT2D eigenvalue weighted by Gasteiger charge is -2.23. The van der Waals surface area contributed by atoms with Crippen LogP contribution in [0, 0.1) is 6.92 Å². The first-order valence-electron chi connectivity index (χ1n) is 6.36. The first-order valence-corrected chi connectivity index (χ1v) is 6.73. The van der Waals surface area contributed by atoms with Crippen molar-refractivity contribution in [2.75, 3.05) is 11.9 Å². The van der Waals surface area contributed by atoms with Gasteiger partial charge in [-0.2, -0.15) is 0 Å². The molecule has 19 heavy (non-hydrogen) atoms. The molecule has 0 unspecified atom stereocenters. The Hall–Kier alpha value is -1.51. The van der Waals surface area contributed by atoms with E-state index in [4.69, 9.17) is 17.3 Å². The van der Waals surface area contributed by atoms with Gasteiger partial charge in [0.15, 0.2) is 0 Å². The average molecular weight is 275 g/mol. The van der Waals surface area contributed by atoms with Gasteiger partial charge in [-0.25, -0.2) is 0 Å².